The van der Waals surface area contributed by atoms with Gasteiger partial charge in [-0.15, -0.1) is 0 Å². The van der Waals surface area contributed by atoms with E-state index in [2.05, 4.69) is 25.4 Å². The summed E-state index contributed by atoms with van der Waals surface area (Å²) in [5.74, 6) is 0.419. The van der Waals surface area contributed by atoms with Crippen LogP contribution in [0.2, 0.25) is 0 Å². The van der Waals surface area contributed by atoms with Gasteiger partial charge in [0.25, 0.3) is 11.9 Å². The number of para-hydroxylation sites is 2. The van der Waals surface area contributed by atoms with Gasteiger partial charge in [-0.3, -0.25) is 9.89 Å². The quantitative estimate of drug-likeness (QED) is 0.554. The van der Waals surface area contributed by atoms with Crippen LogP contribution in [0, 0.1) is 0 Å². The second-order valence-electron chi connectivity index (χ2n) is 6.81. The molecule has 1 atom stereocenters. The molecule has 4 heterocycles. The number of nitrogens with zero attached hydrogens (tertiary/aromatic N) is 3. The molecule has 1 fully saturated rings. The second kappa shape index (κ2) is 6.88. The number of furan rings is 1. The van der Waals surface area contributed by atoms with Gasteiger partial charge in [-0.1, -0.05) is 12.1 Å². The van der Waals surface area contributed by atoms with Crippen molar-refractivity contribution >= 4 is 23.0 Å². The molecule has 142 valence electrons. The number of carbonyl (C=O) groups excluding carboxylic acids is 1. The summed E-state index contributed by atoms with van der Waals surface area (Å²) in [6.07, 6.45) is 3.58. The van der Waals surface area contributed by atoms with Crippen molar-refractivity contribution in [1.82, 2.24) is 20.5 Å². The third kappa shape index (κ3) is 3.02. The molecule has 2 N–H and O–H groups in total. The number of benzene rings is 1. The molecule has 1 aliphatic rings. The Morgan fingerprint density at radius 2 is 2.21 bits per heavy atom. The van der Waals surface area contributed by atoms with Gasteiger partial charge >= 0.3 is 0 Å². The second-order valence-corrected chi connectivity index (χ2v) is 6.81. The van der Waals surface area contributed by atoms with Crippen molar-refractivity contribution in [2.45, 2.75) is 18.9 Å². The van der Waals surface area contributed by atoms with E-state index in [9.17, 15) is 4.79 Å². The van der Waals surface area contributed by atoms with Gasteiger partial charge in [-0.25, -0.2) is 0 Å². The first-order chi connectivity index (χ1) is 13.8. The zero-order valence-electron chi connectivity index (χ0n) is 15.1. The largest absolute Gasteiger partial charge is 0.463 e. The van der Waals surface area contributed by atoms with Crippen molar-refractivity contribution in [2.24, 2.45) is 0 Å². The molecule has 0 saturated carbocycles. The maximum absolute atomic E-state index is 12.5. The first-order valence-corrected chi connectivity index (χ1v) is 9.27. The summed E-state index contributed by atoms with van der Waals surface area (Å²) in [4.78, 5) is 19.2. The Bertz CT molecular complexity index is 1070. The smallest absolute Gasteiger partial charge is 0.298 e. The lowest BCUT2D eigenvalue weighted by molar-refractivity contribution is 0.0946. The standard InChI is InChI=1S/C20H19N5O3/c26-19(16-11-15(23-24-16)17-8-4-10-27-17)21-12-13-5-3-9-25(13)20-22-14-6-1-2-7-18(14)28-20/h1-2,4,6-8,10-11,13H,3,5,9,12H2,(H,21,26)(H,23,24). The number of fused-ring (bicyclic) bond motifs is 1. The van der Waals surface area contributed by atoms with Crippen LogP contribution in [-0.2, 0) is 0 Å². The molecule has 1 aromatic carbocycles. The van der Waals surface area contributed by atoms with E-state index in [4.69, 9.17) is 8.83 Å². The van der Waals surface area contributed by atoms with Crippen LogP contribution in [0.25, 0.3) is 22.6 Å². The van der Waals surface area contributed by atoms with Crippen molar-refractivity contribution in [3.8, 4) is 11.5 Å². The van der Waals surface area contributed by atoms with Gasteiger partial charge in [0.2, 0.25) is 0 Å². The van der Waals surface area contributed by atoms with E-state index in [1.54, 1.807) is 18.4 Å². The van der Waals surface area contributed by atoms with Gasteiger partial charge < -0.3 is 19.1 Å². The fourth-order valence-electron chi connectivity index (χ4n) is 3.58. The van der Waals surface area contributed by atoms with Gasteiger partial charge in [-0.2, -0.15) is 10.1 Å². The lowest BCUT2D eigenvalue weighted by Gasteiger charge is -2.22. The summed E-state index contributed by atoms with van der Waals surface area (Å²) in [5.41, 5.74) is 2.62. The number of aromatic nitrogens is 3. The van der Waals surface area contributed by atoms with Crippen LogP contribution in [0.5, 0.6) is 0 Å². The predicted octanol–water partition coefficient (Wildman–Crippen LogP) is 3.21. The maximum Gasteiger partial charge on any atom is 0.298 e. The summed E-state index contributed by atoms with van der Waals surface area (Å²) in [7, 11) is 0. The lowest BCUT2D eigenvalue weighted by Crippen LogP contribution is -2.40. The highest BCUT2D eigenvalue weighted by Gasteiger charge is 2.29. The minimum Gasteiger partial charge on any atom is -0.463 e. The molecular weight excluding hydrogens is 358 g/mol. The molecule has 0 aliphatic carbocycles. The number of hydrogen-bond acceptors (Lipinski definition) is 6. The number of oxazole rings is 1. The number of hydrogen-bond donors (Lipinski definition) is 2. The van der Waals surface area contributed by atoms with E-state index in [1.807, 2.05) is 30.3 Å². The fraction of sp³-hybridized carbons (Fsp3) is 0.250. The Morgan fingerprint density at radius 1 is 1.29 bits per heavy atom. The number of amides is 1. The molecule has 0 bridgehead atoms. The highest BCUT2D eigenvalue weighted by molar-refractivity contribution is 5.93. The molecule has 8 nitrogen and oxygen atoms in total. The van der Waals surface area contributed by atoms with E-state index < -0.39 is 0 Å². The van der Waals surface area contributed by atoms with Crippen LogP contribution >= 0.6 is 0 Å². The molecule has 1 aliphatic heterocycles. The molecule has 0 radical (unpaired) electrons. The van der Waals surface area contributed by atoms with Crippen molar-refractivity contribution in [1.29, 1.82) is 0 Å². The van der Waals surface area contributed by atoms with Crippen LogP contribution in [0.15, 0.2) is 57.6 Å². The van der Waals surface area contributed by atoms with Crippen molar-refractivity contribution in [3.63, 3.8) is 0 Å². The lowest BCUT2D eigenvalue weighted by atomic mass is 10.2. The average molecular weight is 377 g/mol. The Labute approximate surface area is 160 Å². The van der Waals surface area contributed by atoms with Gasteiger partial charge in [0.15, 0.2) is 17.0 Å². The minimum atomic E-state index is -0.224. The Kier molecular flexibility index (Phi) is 4.08. The van der Waals surface area contributed by atoms with Crippen LogP contribution in [0.1, 0.15) is 23.3 Å². The molecular formula is C20H19N5O3. The third-order valence-corrected chi connectivity index (χ3v) is 5.00. The number of rotatable bonds is 5. The molecule has 1 unspecified atom stereocenters. The van der Waals surface area contributed by atoms with E-state index in [-0.39, 0.29) is 11.9 Å². The minimum absolute atomic E-state index is 0.139. The normalized spacial score (nSPS) is 16.7. The summed E-state index contributed by atoms with van der Waals surface area (Å²) in [6.45, 7) is 1.36. The fourth-order valence-corrected chi connectivity index (χ4v) is 3.58. The van der Waals surface area contributed by atoms with Crippen LogP contribution in [-0.4, -0.2) is 40.2 Å². The van der Waals surface area contributed by atoms with Gasteiger partial charge in [0.1, 0.15) is 11.2 Å². The molecule has 3 aromatic heterocycles. The van der Waals surface area contributed by atoms with Crippen molar-refractivity contribution in [3.05, 3.63) is 54.4 Å². The van der Waals surface area contributed by atoms with Crippen molar-refractivity contribution in [2.75, 3.05) is 18.0 Å². The summed E-state index contributed by atoms with van der Waals surface area (Å²) in [5, 5.41) is 9.88. The Morgan fingerprint density at radius 3 is 3.07 bits per heavy atom. The number of anilines is 1. The predicted molar refractivity (Wildman–Crippen MR) is 103 cm³/mol. The zero-order chi connectivity index (χ0) is 18.9. The molecule has 1 amide bonds. The first kappa shape index (κ1) is 16.6. The zero-order valence-corrected chi connectivity index (χ0v) is 15.1. The van der Waals surface area contributed by atoms with Crippen LogP contribution in [0.3, 0.4) is 0 Å². The third-order valence-electron chi connectivity index (χ3n) is 5.00. The Balaban J connectivity index is 1.26. The Hall–Kier alpha value is -3.55. The van der Waals surface area contributed by atoms with Gasteiger partial charge in [0, 0.05) is 19.2 Å². The summed E-state index contributed by atoms with van der Waals surface area (Å²) < 4.78 is 11.2. The molecule has 5 rings (SSSR count). The topological polar surface area (TPSA) is 100 Å². The van der Waals surface area contributed by atoms with Crippen LogP contribution in [0.4, 0.5) is 6.01 Å². The van der Waals surface area contributed by atoms with E-state index in [0.717, 1.165) is 30.5 Å². The molecule has 1 saturated heterocycles. The maximum atomic E-state index is 12.5. The number of nitrogens with one attached hydrogen (secondary N) is 2. The molecule has 28 heavy (non-hydrogen) atoms. The monoisotopic (exact) mass is 377 g/mol. The van der Waals surface area contributed by atoms with Crippen LogP contribution < -0.4 is 10.2 Å². The van der Waals surface area contributed by atoms with E-state index in [0.29, 0.717) is 29.7 Å². The summed E-state index contributed by atoms with van der Waals surface area (Å²) in [6, 6.07) is 13.7. The number of H-pyrrole nitrogens is 1. The molecule has 0 spiro atoms. The number of carbonyl (C=O) groups is 1. The highest BCUT2D eigenvalue weighted by atomic mass is 16.4. The SMILES string of the molecule is O=C(NCC1CCCN1c1nc2ccccc2o1)c1cc(-c2ccco2)[nH]n1. The first-order valence-electron chi connectivity index (χ1n) is 9.27. The average Bonchev–Trinajstić information content (AvgIpc) is 3.51. The molecule has 4 aromatic rings. The van der Waals surface area contributed by atoms with E-state index in [1.165, 1.54) is 0 Å². The highest BCUT2D eigenvalue weighted by Crippen LogP contribution is 2.28. The molecule has 8 heteroatoms. The van der Waals surface area contributed by atoms with E-state index >= 15 is 0 Å². The van der Waals surface area contributed by atoms with Crippen molar-refractivity contribution < 1.29 is 13.6 Å². The van der Waals surface area contributed by atoms with Gasteiger partial charge in [0.05, 0.1) is 12.3 Å². The number of aromatic amines is 1. The van der Waals surface area contributed by atoms with Gasteiger partial charge in [-0.05, 0) is 37.1 Å². The summed E-state index contributed by atoms with van der Waals surface area (Å²) >= 11 is 0.